The van der Waals surface area contributed by atoms with Gasteiger partial charge in [-0.1, -0.05) is 0 Å². The largest absolute Gasteiger partial charge is 0.329 e. The quantitative estimate of drug-likeness (QED) is 0.418. The topological polar surface area (TPSA) is 99.9 Å². The van der Waals surface area contributed by atoms with E-state index < -0.39 is 10.2 Å². The molecule has 0 aliphatic carbocycles. The summed E-state index contributed by atoms with van der Waals surface area (Å²) in [7, 11) is -0.729. The first-order valence-corrected chi connectivity index (χ1v) is 4.35. The Kier molecular flexibility index (Phi) is 4.46. The Morgan fingerprint density at radius 2 is 1.75 bits per heavy atom. The van der Waals surface area contributed by atoms with E-state index >= 15 is 0 Å². The van der Waals surface area contributed by atoms with E-state index in [0.29, 0.717) is 0 Å². The van der Waals surface area contributed by atoms with Crippen LogP contribution in [0.2, 0.25) is 0 Å². The van der Waals surface area contributed by atoms with Gasteiger partial charge in [-0.05, 0) is 0 Å². The maximum absolute atomic E-state index is 8.49. The average molecular weight is 199 g/mol. The summed E-state index contributed by atoms with van der Waals surface area (Å²) in [4.78, 5) is 3.61. The molecule has 7 heteroatoms. The number of halogens is 1. The van der Waals surface area contributed by atoms with E-state index in [1.165, 1.54) is 4.90 Å². The maximum atomic E-state index is 8.49. The Morgan fingerprint density at radius 1 is 1.33 bits per heavy atom. The van der Waals surface area contributed by atoms with E-state index in [0.717, 1.165) is 6.67 Å². The first kappa shape index (κ1) is 11.6. The maximum Gasteiger partial charge on any atom is 0.156 e. The Labute approximate surface area is 72.7 Å². The minimum Gasteiger partial charge on any atom is -0.329 e. The lowest BCUT2D eigenvalue weighted by atomic mass is 10.9. The number of rotatable bonds is 0. The summed E-state index contributed by atoms with van der Waals surface area (Å²) in [6.45, 7) is 1.11. The van der Waals surface area contributed by atoms with Crippen molar-refractivity contribution in [2.45, 2.75) is 0 Å². The smallest absolute Gasteiger partial charge is 0.156 e. The zero-order chi connectivity index (χ0) is 9.78. The molecule has 1 atom stereocenters. The fraction of sp³-hybridized carbons (Fsp3) is 0.600. The van der Waals surface area contributed by atoms with Gasteiger partial charge in [0.1, 0.15) is 6.20 Å². The van der Waals surface area contributed by atoms with Crippen LogP contribution in [0, 0.1) is 10.2 Å². The van der Waals surface area contributed by atoms with Gasteiger partial charge in [-0.2, -0.15) is 0 Å². The average Bonchev–Trinajstić information content (AvgIpc) is 2.09. The number of nitrogens with zero attached hydrogens (tertiary/aromatic N) is 1. The van der Waals surface area contributed by atoms with Gasteiger partial charge in [0.25, 0.3) is 0 Å². The first-order chi connectivity index (χ1) is 5.29. The summed E-state index contributed by atoms with van der Waals surface area (Å²) in [5, 5.41) is 0. The summed E-state index contributed by atoms with van der Waals surface area (Å²) >= 11 is 0. The van der Waals surface area contributed by atoms with Crippen LogP contribution in [-0.4, -0.2) is 25.7 Å². The molecule has 72 valence electrons. The highest BCUT2D eigenvalue weighted by molar-refractivity contribution is 4.73. The van der Waals surface area contributed by atoms with Crippen molar-refractivity contribution in [2.75, 3.05) is 20.8 Å². The van der Waals surface area contributed by atoms with Crippen LogP contribution in [0.4, 0.5) is 0 Å². The van der Waals surface area contributed by atoms with Gasteiger partial charge in [0.05, 0.1) is 13.2 Å². The zero-order valence-electron chi connectivity index (χ0n) is 6.82. The highest BCUT2D eigenvalue weighted by Crippen LogP contribution is 1.79. The fourth-order valence-corrected chi connectivity index (χ4v) is 0.753. The second-order valence-electron chi connectivity index (χ2n) is 2.46. The molecule has 0 radical (unpaired) electrons. The number of quaternary nitrogens is 1. The van der Waals surface area contributed by atoms with Crippen LogP contribution in [0.3, 0.4) is 0 Å². The summed E-state index contributed by atoms with van der Waals surface area (Å²) < 4.78 is 34.0. The summed E-state index contributed by atoms with van der Waals surface area (Å²) in [5.41, 5.74) is 0. The van der Waals surface area contributed by atoms with Crippen molar-refractivity contribution in [2.24, 2.45) is 0 Å². The minimum atomic E-state index is -4.94. The molecule has 0 saturated heterocycles. The third-order valence-electron chi connectivity index (χ3n) is 1.11. The first-order valence-electron chi connectivity index (χ1n) is 3.11. The van der Waals surface area contributed by atoms with Gasteiger partial charge in [-0.15, -0.1) is 10.2 Å². The van der Waals surface area contributed by atoms with Crippen LogP contribution in [0.15, 0.2) is 12.4 Å². The van der Waals surface area contributed by atoms with Gasteiger partial charge in [0, 0.05) is 7.05 Å². The summed E-state index contributed by atoms with van der Waals surface area (Å²) in [6, 6.07) is 0. The van der Waals surface area contributed by atoms with Crippen LogP contribution >= 0.6 is 0 Å². The van der Waals surface area contributed by atoms with Crippen molar-refractivity contribution < 1.29 is 33.8 Å². The number of nitrogens with one attached hydrogen (secondary N) is 1. The molecule has 1 aliphatic rings. The van der Waals surface area contributed by atoms with Crippen molar-refractivity contribution in [1.29, 1.82) is 0 Å². The van der Waals surface area contributed by atoms with Crippen LogP contribution in [-0.2, 0) is 0 Å². The molecule has 1 heterocycles. The minimum absolute atomic E-state index is 1.11. The van der Waals surface area contributed by atoms with Gasteiger partial charge in [0.15, 0.2) is 6.67 Å². The van der Waals surface area contributed by atoms with Crippen molar-refractivity contribution in [3.63, 3.8) is 0 Å². The molecule has 0 bridgehead atoms. The molecule has 12 heavy (non-hydrogen) atoms. The SMILES string of the molecule is CN1C=C[NH+](C)C1.[O-][Cl+3]([O-])([O-])[O-]. The van der Waals surface area contributed by atoms with Crippen molar-refractivity contribution in [3.8, 4) is 0 Å². The van der Waals surface area contributed by atoms with Crippen LogP contribution < -0.4 is 23.5 Å². The molecule has 0 amide bonds. The van der Waals surface area contributed by atoms with Crippen molar-refractivity contribution >= 4 is 0 Å². The molecule has 1 unspecified atom stereocenters. The van der Waals surface area contributed by atoms with Gasteiger partial charge >= 0.3 is 0 Å². The highest BCUT2D eigenvalue weighted by Gasteiger charge is 2.05. The molecular formula is C5H11ClN2O4. The molecule has 0 saturated carbocycles. The number of hydrogen-bond donors (Lipinski definition) is 1. The van der Waals surface area contributed by atoms with Crippen LogP contribution in [0.25, 0.3) is 0 Å². The second-order valence-corrected chi connectivity index (χ2v) is 3.21. The van der Waals surface area contributed by atoms with Crippen molar-refractivity contribution in [3.05, 3.63) is 12.4 Å². The highest BCUT2D eigenvalue weighted by atomic mass is 35.7. The third-order valence-corrected chi connectivity index (χ3v) is 1.11. The molecular weight excluding hydrogens is 188 g/mol. The monoisotopic (exact) mass is 198 g/mol. The molecule has 0 spiro atoms. The van der Waals surface area contributed by atoms with Crippen molar-refractivity contribution in [1.82, 2.24) is 4.90 Å². The predicted octanol–water partition coefficient (Wildman–Crippen LogP) is -5.88. The Bertz CT molecular complexity index is 142. The molecule has 1 rings (SSSR count). The zero-order valence-corrected chi connectivity index (χ0v) is 7.58. The predicted molar refractivity (Wildman–Crippen MR) is 28.7 cm³/mol. The van der Waals surface area contributed by atoms with Gasteiger partial charge in [-0.25, -0.2) is 18.6 Å². The lowest BCUT2D eigenvalue weighted by Crippen LogP contribution is -3.03. The van der Waals surface area contributed by atoms with E-state index in [9.17, 15) is 0 Å². The summed E-state index contributed by atoms with van der Waals surface area (Å²) in [6.07, 6.45) is 4.23. The number of hydrogen-bond acceptors (Lipinski definition) is 5. The van der Waals surface area contributed by atoms with Gasteiger partial charge in [-0.3, -0.25) is 4.90 Å². The standard InChI is InChI=1S/C5H10N2.ClHO4/c1-6-3-4-7(2)5-6;2-1(3,4)5/h3-4H,5H2,1-2H3;(H,2,3,4,5). The molecule has 0 aromatic rings. The van der Waals surface area contributed by atoms with Gasteiger partial charge in [0.2, 0.25) is 0 Å². The molecule has 1 aliphatic heterocycles. The molecule has 0 aromatic heterocycles. The van der Waals surface area contributed by atoms with Gasteiger partial charge < -0.3 is 4.90 Å². The van der Waals surface area contributed by atoms with Crippen LogP contribution in [0.1, 0.15) is 0 Å². The van der Waals surface area contributed by atoms with E-state index in [1.807, 2.05) is 0 Å². The molecule has 6 nitrogen and oxygen atoms in total. The Morgan fingerprint density at radius 3 is 1.83 bits per heavy atom. The van der Waals surface area contributed by atoms with E-state index in [-0.39, 0.29) is 0 Å². The molecule has 0 aromatic carbocycles. The fourth-order valence-electron chi connectivity index (χ4n) is 0.753. The molecule has 0 fully saturated rings. The Balaban J connectivity index is 0.000000217. The summed E-state index contributed by atoms with van der Waals surface area (Å²) in [5.74, 6) is 0. The lowest BCUT2D eigenvalue weighted by molar-refractivity contribution is -2.00. The normalized spacial score (nSPS) is 22.2. The van der Waals surface area contributed by atoms with E-state index in [1.54, 1.807) is 0 Å². The lowest BCUT2D eigenvalue weighted by Gasteiger charge is -2.17. The van der Waals surface area contributed by atoms with E-state index in [2.05, 4.69) is 31.4 Å². The Hall–Kier alpha value is -0.370. The van der Waals surface area contributed by atoms with E-state index in [4.69, 9.17) is 18.6 Å². The third kappa shape index (κ3) is 9.63. The van der Waals surface area contributed by atoms with Crippen LogP contribution in [0.5, 0.6) is 0 Å². The molecule has 1 N–H and O–H groups in total. The second kappa shape index (κ2) is 4.61.